The molecule has 0 amide bonds. The smallest absolute Gasteiger partial charge is 0.306 e. The first-order valence-electron chi connectivity index (χ1n) is 18.8. The lowest BCUT2D eigenvalue weighted by molar-refractivity contribution is -0.161. The molecule has 0 radical (unpaired) electrons. The summed E-state index contributed by atoms with van der Waals surface area (Å²) in [5.74, 6) is -1.19. The van der Waals surface area contributed by atoms with Gasteiger partial charge in [0, 0.05) is 25.2 Å². The highest BCUT2D eigenvalue weighted by Gasteiger charge is 2.39. The largest absolute Gasteiger partial charge is 0.462 e. The fourth-order valence-corrected chi connectivity index (χ4v) is 6.28. The summed E-state index contributed by atoms with van der Waals surface area (Å²) < 4.78 is 10.5. The van der Waals surface area contributed by atoms with Gasteiger partial charge in [0.15, 0.2) is 6.10 Å². The standard InChI is InChI=1S/C38H68O8/c1-3-5-7-8-9-10-11-12-13-14-15-20-24-37(43)45-30-32(29-39)46-38(44)25-21-17-16-19-23-33-34(36(42)28-35(33)41)27-26-31(40)22-18-6-4-2/h26-27,31-35,39-41H,3-25,28-30H2,1-2H3/b27-26+/t31-,32-,33+,34+,35-/m0/s1. The van der Waals surface area contributed by atoms with Crippen LogP contribution in [0.25, 0.3) is 0 Å². The Morgan fingerprint density at radius 2 is 1.30 bits per heavy atom. The second-order valence-electron chi connectivity index (χ2n) is 13.4. The Morgan fingerprint density at radius 1 is 0.783 bits per heavy atom. The second kappa shape index (κ2) is 28.3. The zero-order valence-corrected chi connectivity index (χ0v) is 29.3. The van der Waals surface area contributed by atoms with Crippen molar-refractivity contribution in [1.29, 1.82) is 0 Å². The minimum atomic E-state index is -0.852. The van der Waals surface area contributed by atoms with E-state index < -0.39 is 30.9 Å². The van der Waals surface area contributed by atoms with Crippen molar-refractivity contribution in [3.8, 4) is 0 Å². The van der Waals surface area contributed by atoms with Gasteiger partial charge >= 0.3 is 11.9 Å². The van der Waals surface area contributed by atoms with Crippen molar-refractivity contribution in [2.45, 2.75) is 186 Å². The highest BCUT2D eigenvalue weighted by molar-refractivity contribution is 5.86. The predicted octanol–water partition coefficient (Wildman–Crippen LogP) is 7.93. The third kappa shape index (κ3) is 21.2. The minimum absolute atomic E-state index is 0.0331. The van der Waals surface area contributed by atoms with Crippen LogP contribution in [0.1, 0.15) is 168 Å². The van der Waals surface area contributed by atoms with Gasteiger partial charge in [-0.3, -0.25) is 14.4 Å². The van der Waals surface area contributed by atoms with Crippen molar-refractivity contribution in [1.82, 2.24) is 0 Å². The van der Waals surface area contributed by atoms with Gasteiger partial charge in [0.1, 0.15) is 12.4 Å². The highest BCUT2D eigenvalue weighted by atomic mass is 16.6. The third-order valence-electron chi connectivity index (χ3n) is 9.22. The number of hydrogen-bond acceptors (Lipinski definition) is 8. The molecule has 0 aromatic heterocycles. The van der Waals surface area contributed by atoms with Crippen molar-refractivity contribution >= 4 is 17.7 Å². The molecule has 0 aromatic carbocycles. The molecule has 0 aromatic rings. The maximum atomic E-state index is 12.4. The number of aliphatic hydroxyl groups is 3. The number of Topliss-reactive ketones (excluding diaryl/α,β-unsaturated/α-hetero) is 1. The van der Waals surface area contributed by atoms with Crippen LogP contribution in [-0.4, -0.2) is 64.6 Å². The molecule has 1 saturated carbocycles. The molecule has 46 heavy (non-hydrogen) atoms. The number of unbranched alkanes of at least 4 members (excludes halogenated alkanes) is 16. The topological polar surface area (TPSA) is 130 Å². The molecular weight excluding hydrogens is 584 g/mol. The molecule has 0 unspecified atom stereocenters. The molecule has 1 aliphatic carbocycles. The van der Waals surface area contributed by atoms with E-state index in [1.54, 1.807) is 12.2 Å². The Hall–Kier alpha value is -1.77. The van der Waals surface area contributed by atoms with E-state index in [4.69, 9.17) is 9.47 Å². The molecule has 8 nitrogen and oxygen atoms in total. The number of carbonyl (C=O) groups excluding carboxylic acids is 3. The van der Waals surface area contributed by atoms with Gasteiger partial charge in [-0.15, -0.1) is 0 Å². The molecule has 1 aliphatic rings. The summed E-state index contributed by atoms with van der Waals surface area (Å²) in [6.45, 7) is 3.83. The van der Waals surface area contributed by atoms with Crippen LogP contribution in [0.2, 0.25) is 0 Å². The normalized spacial score (nSPS) is 19.5. The van der Waals surface area contributed by atoms with E-state index in [1.165, 1.54) is 57.8 Å². The molecule has 268 valence electrons. The second-order valence-corrected chi connectivity index (χ2v) is 13.4. The first-order chi connectivity index (χ1) is 22.3. The van der Waals surface area contributed by atoms with Crippen molar-refractivity contribution in [2.24, 2.45) is 11.8 Å². The zero-order valence-electron chi connectivity index (χ0n) is 29.3. The summed E-state index contributed by atoms with van der Waals surface area (Å²) in [6.07, 6.45) is 24.6. The molecule has 0 aliphatic heterocycles. The van der Waals surface area contributed by atoms with Gasteiger partial charge in [0.25, 0.3) is 0 Å². The average molecular weight is 653 g/mol. The fourth-order valence-electron chi connectivity index (χ4n) is 6.28. The lowest BCUT2D eigenvalue weighted by Gasteiger charge is -2.19. The molecule has 5 atom stereocenters. The Balaban J connectivity index is 2.12. The van der Waals surface area contributed by atoms with Crippen molar-refractivity contribution in [3.05, 3.63) is 12.2 Å². The number of allylic oxidation sites excluding steroid dienone is 1. The number of carbonyl (C=O) groups is 3. The number of hydrogen-bond donors (Lipinski definition) is 3. The molecule has 1 rings (SSSR count). The number of rotatable bonds is 30. The molecule has 3 N–H and O–H groups in total. The first kappa shape index (κ1) is 42.3. The van der Waals surface area contributed by atoms with Crippen molar-refractivity contribution < 1.29 is 39.2 Å². The number of esters is 2. The molecule has 8 heteroatoms. The van der Waals surface area contributed by atoms with Crippen LogP contribution < -0.4 is 0 Å². The van der Waals surface area contributed by atoms with Gasteiger partial charge in [-0.05, 0) is 31.6 Å². The van der Waals surface area contributed by atoms with Crippen LogP contribution in [0, 0.1) is 11.8 Å². The van der Waals surface area contributed by atoms with Crippen LogP contribution in [0.3, 0.4) is 0 Å². The van der Waals surface area contributed by atoms with Gasteiger partial charge in [-0.1, -0.05) is 135 Å². The summed E-state index contributed by atoms with van der Waals surface area (Å²) in [6, 6.07) is 0. The lowest BCUT2D eigenvalue weighted by atomic mass is 9.88. The molecule has 0 bridgehead atoms. The Kier molecular flexibility index (Phi) is 26.0. The maximum absolute atomic E-state index is 12.4. The van der Waals surface area contributed by atoms with Gasteiger partial charge < -0.3 is 24.8 Å². The van der Waals surface area contributed by atoms with Crippen LogP contribution in [0.5, 0.6) is 0 Å². The first-order valence-corrected chi connectivity index (χ1v) is 18.8. The van der Waals surface area contributed by atoms with Gasteiger partial charge in [0.2, 0.25) is 0 Å². The number of ether oxygens (including phenoxy) is 2. The SMILES string of the molecule is CCCCCCCCCCCCCCC(=O)OC[C@H](CO)OC(=O)CCCCCC[C@H]1[C@@H](O)CC(=O)[C@@H]1/C=C/[C@@H](O)CCCCC. The molecule has 0 heterocycles. The van der Waals surface area contributed by atoms with E-state index in [0.29, 0.717) is 19.3 Å². The van der Waals surface area contributed by atoms with Crippen LogP contribution in [0.4, 0.5) is 0 Å². The van der Waals surface area contributed by atoms with E-state index in [9.17, 15) is 29.7 Å². The fraction of sp³-hybridized carbons (Fsp3) is 0.868. The van der Waals surface area contributed by atoms with E-state index >= 15 is 0 Å². The lowest BCUT2D eigenvalue weighted by Crippen LogP contribution is -2.28. The zero-order chi connectivity index (χ0) is 33.8. The Morgan fingerprint density at radius 3 is 1.89 bits per heavy atom. The van der Waals surface area contributed by atoms with Crippen molar-refractivity contribution in [2.75, 3.05) is 13.2 Å². The van der Waals surface area contributed by atoms with E-state index in [-0.39, 0.29) is 43.0 Å². The van der Waals surface area contributed by atoms with E-state index in [2.05, 4.69) is 13.8 Å². The monoisotopic (exact) mass is 652 g/mol. The summed E-state index contributed by atoms with van der Waals surface area (Å²) >= 11 is 0. The maximum Gasteiger partial charge on any atom is 0.306 e. The summed E-state index contributed by atoms with van der Waals surface area (Å²) in [5.41, 5.74) is 0. The summed E-state index contributed by atoms with van der Waals surface area (Å²) in [4.78, 5) is 36.8. The summed E-state index contributed by atoms with van der Waals surface area (Å²) in [5, 5.41) is 30.2. The van der Waals surface area contributed by atoms with Crippen LogP contribution >= 0.6 is 0 Å². The van der Waals surface area contributed by atoms with Gasteiger partial charge in [-0.25, -0.2) is 0 Å². The summed E-state index contributed by atoms with van der Waals surface area (Å²) in [7, 11) is 0. The van der Waals surface area contributed by atoms with Gasteiger partial charge in [-0.2, -0.15) is 0 Å². The predicted molar refractivity (Wildman–Crippen MR) is 183 cm³/mol. The quantitative estimate of drug-likeness (QED) is 0.0405. The Labute approximate surface area is 280 Å². The van der Waals surface area contributed by atoms with Crippen LogP contribution in [-0.2, 0) is 23.9 Å². The van der Waals surface area contributed by atoms with Crippen LogP contribution in [0.15, 0.2) is 12.2 Å². The van der Waals surface area contributed by atoms with E-state index in [1.807, 2.05) is 0 Å². The number of ketones is 1. The average Bonchev–Trinajstić information content (AvgIpc) is 3.31. The molecule has 1 fully saturated rings. The third-order valence-corrected chi connectivity index (χ3v) is 9.22. The molecule has 0 spiro atoms. The minimum Gasteiger partial charge on any atom is -0.462 e. The Bertz CT molecular complexity index is 813. The molecular formula is C38H68O8. The number of aliphatic hydroxyl groups excluding tert-OH is 3. The van der Waals surface area contributed by atoms with Crippen molar-refractivity contribution in [3.63, 3.8) is 0 Å². The van der Waals surface area contributed by atoms with E-state index in [0.717, 1.165) is 64.2 Å². The van der Waals surface area contributed by atoms with Gasteiger partial charge in [0.05, 0.1) is 18.8 Å². The molecule has 0 saturated heterocycles. The highest BCUT2D eigenvalue weighted by Crippen LogP contribution is 2.34.